The van der Waals surface area contributed by atoms with Gasteiger partial charge in [0.2, 0.25) is 17.2 Å². The second kappa shape index (κ2) is 5.69. The summed E-state index contributed by atoms with van der Waals surface area (Å²) >= 11 is 11.8. The Balaban J connectivity index is 2.36. The highest BCUT2D eigenvalue weighted by Crippen LogP contribution is 2.25. The van der Waals surface area contributed by atoms with Crippen LogP contribution in [0.5, 0.6) is 0 Å². The molecule has 0 saturated carbocycles. The third-order valence-electron chi connectivity index (χ3n) is 2.17. The Morgan fingerprint density at radius 2 is 1.89 bits per heavy atom. The standard InChI is InChI=1S/C11H8Cl2N6/c1-15-10-17-9(13)18-11(19-10)16-8-4-6(5-14)2-3-7(8)12/h2-4H,1H3,(H2,15,16,17,18,19). The molecule has 0 bridgehead atoms. The number of hydrogen-bond donors (Lipinski definition) is 2. The molecule has 0 aliphatic carbocycles. The smallest absolute Gasteiger partial charge is 0.233 e. The Morgan fingerprint density at radius 3 is 2.58 bits per heavy atom. The molecule has 1 aromatic heterocycles. The molecular weight excluding hydrogens is 287 g/mol. The second-order valence-corrected chi connectivity index (χ2v) is 4.18. The third-order valence-corrected chi connectivity index (χ3v) is 2.67. The highest BCUT2D eigenvalue weighted by Gasteiger charge is 2.07. The van der Waals surface area contributed by atoms with Gasteiger partial charge in [0.15, 0.2) is 0 Å². The molecular formula is C11H8Cl2N6. The summed E-state index contributed by atoms with van der Waals surface area (Å²) in [6.07, 6.45) is 0. The fourth-order valence-corrected chi connectivity index (χ4v) is 1.65. The van der Waals surface area contributed by atoms with Gasteiger partial charge >= 0.3 is 0 Å². The molecule has 2 aromatic rings. The molecule has 6 nitrogen and oxygen atoms in total. The fourth-order valence-electron chi connectivity index (χ4n) is 1.33. The summed E-state index contributed by atoms with van der Waals surface area (Å²) in [6.45, 7) is 0. The number of rotatable bonds is 3. The first kappa shape index (κ1) is 13.3. The SMILES string of the molecule is CNc1nc(Cl)nc(Nc2cc(C#N)ccc2Cl)n1. The van der Waals surface area contributed by atoms with Crippen LogP contribution in [0, 0.1) is 11.3 Å². The van der Waals surface area contributed by atoms with E-state index in [1.54, 1.807) is 25.2 Å². The van der Waals surface area contributed by atoms with Crippen LogP contribution in [0.1, 0.15) is 5.56 Å². The number of anilines is 3. The number of hydrogen-bond acceptors (Lipinski definition) is 6. The number of aromatic nitrogens is 3. The minimum atomic E-state index is 0.0504. The maximum Gasteiger partial charge on any atom is 0.233 e. The van der Waals surface area contributed by atoms with Crippen molar-refractivity contribution in [2.75, 3.05) is 17.7 Å². The van der Waals surface area contributed by atoms with Gasteiger partial charge in [-0.2, -0.15) is 20.2 Å². The predicted octanol–water partition coefficient (Wildman–Crippen LogP) is 2.84. The number of halogens is 2. The second-order valence-electron chi connectivity index (χ2n) is 3.43. The van der Waals surface area contributed by atoms with Gasteiger partial charge in [-0.1, -0.05) is 11.6 Å². The normalized spacial score (nSPS) is 9.79. The van der Waals surface area contributed by atoms with E-state index in [2.05, 4.69) is 25.6 Å². The summed E-state index contributed by atoms with van der Waals surface area (Å²) < 4.78 is 0. The summed E-state index contributed by atoms with van der Waals surface area (Å²) in [5.41, 5.74) is 0.992. The molecule has 8 heteroatoms. The average molecular weight is 295 g/mol. The van der Waals surface area contributed by atoms with Gasteiger partial charge in [-0.3, -0.25) is 0 Å². The molecule has 0 fully saturated rings. The molecule has 1 heterocycles. The minimum absolute atomic E-state index is 0.0504. The molecule has 0 atom stereocenters. The first-order valence-corrected chi connectivity index (χ1v) is 5.94. The monoisotopic (exact) mass is 294 g/mol. The van der Waals surface area contributed by atoms with E-state index < -0.39 is 0 Å². The van der Waals surface area contributed by atoms with Gasteiger partial charge < -0.3 is 10.6 Å². The summed E-state index contributed by atoms with van der Waals surface area (Å²) in [5.74, 6) is 0.566. The molecule has 0 radical (unpaired) electrons. The zero-order chi connectivity index (χ0) is 13.8. The molecule has 1 aromatic carbocycles. The van der Waals surface area contributed by atoms with Crippen molar-refractivity contribution in [3.05, 3.63) is 34.1 Å². The van der Waals surface area contributed by atoms with Crippen LogP contribution in [-0.2, 0) is 0 Å². The van der Waals surface area contributed by atoms with Crippen molar-refractivity contribution in [1.82, 2.24) is 15.0 Å². The first-order valence-electron chi connectivity index (χ1n) is 5.18. The van der Waals surface area contributed by atoms with E-state index in [0.29, 0.717) is 22.2 Å². The molecule has 0 aliphatic heterocycles. The van der Waals surface area contributed by atoms with Gasteiger partial charge in [0.25, 0.3) is 0 Å². The molecule has 96 valence electrons. The van der Waals surface area contributed by atoms with Crippen LogP contribution in [0.3, 0.4) is 0 Å². The average Bonchev–Trinajstić information content (AvgIpc) is 2.40. The Morgan fingerprint density at radius 1 is 1.16 bits per heavy atom. The Hall–Kier alpha value is -2.10. The summed E-state index contributed by atoms with van der Waals surface area (Å²) in [4.78, 5) is 11.9. The minimum Gasteiger partial charge on any atom is -0.357 e. The molecule has 0 spiro atoms. The molecule has 2 rings (SSSR count). The van der Waals surface area contributed by atoms with Gasteiger partial charge in [0, 0.05) is 7.05 Å². The Bertz CT molecular complexity index is 652. The quantitative estimate of drug-likeness (QED) is 0.905. The zero-order valence-electron chi connectivity index (χ0n) is 9.78. The largest absolute Gasteiger partial charge is 0.357 e. The molecule has 2 N–H and O–H groups in total. The fraction of sp³-hybridized carbons (Fsp3) is 0.0909. The Kier molecular flexibility index (Phi) is 4.00. The van der Waals surface area contributed by atoms with Gasteiger partial charge in [0.05, 0.1) is 22.3 Å². The molecule has 0 unspecified atom stereocenters. The number of nitrogens with zero attached hydrogens (tertiary/aromatic N) is 4. The van der Waals surface area contributed by atoms with E-state index in [4.69, 9.17) is 28.5 Å². The van der Waals surface area contributed by atoms with E-state index >= 15 is 0 Å². The molecule has 19 heavy (non-hydrogen) atoms. The van der Waals surface area contributed by atoms with E-state index in [0.717, 1.165) is 0 Å². The van der Waals surface area contributed by atoms with Crippen molar-refractivity contribution in [2.24, 2.45) is 0 Å². The van der Waals surface area contributed by atoms with Crippen molar-refractivity contribution in [2.45, 2.75) is 0 Å². The van der Waals surface area contributed by atoms with Crippen LogP contribution < -0.4 is 10.6 Å². The van der Waals surface area contributed by atoms with Gasteiger partial charge in [0.1, 0.15) is 0 Å². The summed E-state index contributed by atoms with van der Waals surface area (Å²) in [7, 11) is 1.67. The van der Waals surface area contributed by atoms with Gasteiger partial charge in [-0.05, 0) is 29.8 Å². The van der Waals surface area contributed by atoms with Crippen molar-refractivity contribution in [3.8, 4) is 6.07 Å². The van der Waals surface area contributed by atoms with Gasteiger partial charge in [-0.15, -0.1) is 0 Å². The van der Waals surface area contributed by atoms with Crippen LogP contribution >= 0.6 is 23.2 Å². The summed E-state index contributed by atoms with van der Waals surface area (Å²) in [6, 6.07) is 6.85. The molecule has 0 saturated heterocycles. The lowest BCUT2D eigenvalue weighted by atomic mass is 10.2. The van der Waals surface area contributed by atoms with E-state index in [-0.39, 0.29) is 11.2 Å². The first-order chi connectivity index (χ1) is 9.12. The lowest BCUT2D eigenvalue weighted by Gasteiger charge is -2.08. The van der Waals surface area contributed by atoms with E-state index in [1.165, 1.54) is 0 Å². The Labute approximate surface area is 119 Å². The van der Waals surface area contributed by atoms with Crippen molar-refractivity contribution < 1.29 is 0 Å². The van der Waals surface area contributed by atoms with Crippen molar-refractivity contribution in [3.63, 3.8) is 0 Å². The highest BCUT2D eigenvalue weighted by molar-refractivity contribution is 6.33. The third kappa shape index (κ3) is 3.22. The lowest BCUT2D eigenvalue weighted by Crippen LogP contribution is -2.04. The van der Waals surface area contributed by atoms with Gasteiger partial charge in [-0.25, -0.2) is 0 Å². The predicted molar refractivity (Wildman–Crippen MR) is 73.8 cm³/mol. The van der Waals surface area contributed by atoms with Crippen LogP contribution in [0.25, 0.3) is 0 Å². The van der Waals surface area contributed by atoms with Crippen LogP contribution in [0.4, 0.5) is 17.6 Å². The topological polar surface area (TPSA) is 86.5 Å². The molecule has 0 amide bonds. The molecule has 0 aliphatic rings. The number of nitrogens with one attached hydrogen (secondary N) is 2. The van der Waals surface area contributed by atoms with E-state index in [9.17, 15) is 0 Å². The summed E-state index contributed by atoms with van der Waals surface area (Å²) in [5, 5.41) is 15.0. The maximum absolute atomic E-state index is 8.85. The lowest BCUT2D eigenvalue weighted by molar-refractivity contribution is 1.05. The number of nitriles is 1. The van der Waals surface area contributed by atoms with Crippen molar-refractivity contribution >= 4 is 40.8 Å². The van der Waals surface area contributed by atoms with Crippen molar-refractivity contribution in [1.29, 1.82) is 5.26 Å². The van der Waals surface area contributed by atoms with E-state index in [1.807, 2.05) is 6.07 Å². The highest BCUT2D eigenvalue weighted by atomic mass is 35.5. The zero-order valence-corrected chi connectivity index (χ0v) is 11.3. The van der Waals surface area contributed by atoms with Crippen LogP contribution in [0.2, 0.25) is 10.3 Å². The van der Waals surface area contributed by atoms with Crippen LogP contribution in [-0.4, -0.2) is 22.0 Å². The number of benzene rings is 1. The van der Waals surface area contributed by atoms with Crippen LogP contribution in [0.15, 0.2) is 18.2 Å². The maximum atomic E-state index is 8.85.